The standard InChI is InChI=1S/C2H4Cl3P.Al.4ClH/c3-1-2(4,5)6;;;;;/h1,6H2;;4*1H/q;+3;;;;/p-3. The fourth-order valence-electron chi connectivity index (χ4n) is 0. The first-order valence-corrected chi connectivity index (χ1v) is 11.2. The summed E-state index contributed by atoms with van der Waals surface area (Å²) in [5.41, 5.74) is 0. The summed E-state index contributed by atoms with van der Waals surface area (Å²) in [7, 11) is 18.5. The van der Waals surface area contributed by atoms with E-state index in [0.717, 1.165) is 0 Å². The SMILES string of the molecule is [Cl][Al-]([Cl])([Cl])[Cl].[PH3+]C(Cl)(Cl)CCl. The highest BCUT2D eigenvalue weighted by molar-refractivity contribution is 7.81. The lowest BCUT2D eigenvalue weighted by atomic mass is 10.9. The van der Waals surface area contributed by atoms with Crippen molar-refractivity contribution in [2.45, 2.75) is 4.07 Å². The van der Waals surface area contributed by atoms with Gasteiger partial charge in [0.2, 0.25) is 4.07 Å². The molecule has 0 nitrogen and oxygen atoms in total. The van der Waals surface area contributed by atoms with Gasteiger partial charge in [-0.2, -0.15) is 0 Å². The fraction of sp³-hybridized carbons (Fsp3) is 1.00. The van der Waals surface area contributed by atoms with Gasteiger partial charge in [-0.1, -0.05) is 23.2 Å². The molecule has 1 atom stereocenters. The molecule has 1 unspecified atom stereocenters. The van der Waals surface area contributed by atoms with Gasteiger partial charge in [-0.25, -0.2) is 0 Å². The molecule has 0 rings (SSSR count). The number of hydrogen-bond acceptors (Lipinski definition) is 0. The van der Waals surface area contributed by atoms with E-state index in [1.54, 1.807) is 0 Å². The number of rotatable bonds is 1. The average molecular weight is 335 g/mol. The Morgan fingerprint density at radius 1 is 1.09 bits per heavy atom. The molecule has 0 amide bonds. The van der Waals surface area contributed by atoms with Gasteiger partial charge in [0.05, 0.1) is 5.88 Å². The molecule has 0 aliphatic heterocycles. The zero-order chi connectivity index (χ0) is 9.71. The van der Waals surface area contributed by atoms with E-state index in [0.29, 0.717) is 0 Å². The van der Waals surface area contributed by atoms with Crippen molar-refractivity contribution in [3.05, 3.63) is 0 Å². The predicted molar refractivity (Wildman–Crippen MR) is 65.4 cm³/mol. The van der Waals surface area contributed by atoms with Gasteiger partial charge in [0.25, 0.3) is 0 Å². The van der Waals surface area contributed by atoms with E-state index in [2.05, 4.69) is 0 Å². The summed E-state index contributed by atoms with van der Waals surface area (Å²) in [6, 6.07) is 0. The Kier molecular flexibility index (Phi) is 10.9. The van der Waals surface area contributed by atoms with Crippen LogP contribution in [0.25, 0.3) is 0 Å². The zero-order valence-corrected chi connectivity index (χ0v) is 13.0. The quantitative estimate of drug-likeness (QED) is 0.380. The molecule has 0 saturated heterocycles. The molecule has 0 fully saturated rings. The van der Waals surface area contributed by atoms with E-state index in [1.165, 1.54) is 9.24 Å². The van der Waals surface area contributed by atoms with Gasteiger partial charge in [0.1, 0.15) is 0 Å². The topological polar surface area (TPSA) is 0 Å². The molecule has 0 N–H and O–H groups in total. The Balaban J connectivity index is 0. The minimum Gasteiger partial charge on any atom is -0.391 e. The van der Waals surface area contributed by atoms with E-state index < -0.39 is 13.5 Å². The molecular weight excluding hydrogens is 330 g/mol. The van der Waals surface area contributed by atoms with Crippen LogP contribution >= 0.6 is 84.2 Å². The van der Waals surface area contributed by atoms with Crippen LogP contribution in [0.1, 0.15) is 0 Å². The van der Waals surface area contributed by atoms with Crippen LogP contribution in [-0.4, -0.2) is 19.3 Å². The Hall–Kier alpha value is 2.99. The average Bonchev–Trinajstić information content (AvgIpc) is 1.59. The summed E-state index contributed by atoms with van der Waals surface area (Å²) in [6.45, 7) is 0. The van der Waals surface area contributed by atoms with Gasteiger partial charge in [-0.3, -0.25) is 0 Å². The maximum atomic E-state index is 5.36. The molecule has 0 aliphatic rings. The second-order valence-electron chi connectivity index (χ2n) is 1.48. The van der Waals surface area contributed by atoms with Crippen LogP contribution in [0.3, 0.4) is 0 Å². The number of hydrogen-bond donors (Lipinski definition) is 0. The van der Waals surface area contributed by atoms with Crippen LogP contribution in [0.15, 0.2) is 0 Å². The van der Waals surface area contributed by atoms with Crippen molar-refractivity contribution in [2.75, 3.05) is 5.88 Å². The predicted octanol–water partition coefficient (Wildman–Crippen LogP) is 4.34. The van der Waals surface area contributed by atoms with Crippen LogP contribution in [0.2, 0.25) is 0 Å². The molecule has 0 aromatic carbocycles. The van der Waals surface area contributed by atoms with Crippen molar-refractivity contribution in [3.63, 3.8) is 0 Å². The summed E-state index contributed by atoms with van der Waals surface area (Å²) in [5, 5.41) is 0. The fourth-order valence-corrected chi connectivity index (χ4v) is 0. The van der Waals surface area contributed by atoms with Gasteiger partial charge in [0.15, 0.2) is 0 Å². The normalized spacial score (nSPS) is 12.3. The third kappa shape index (κ3) is 43.7. The maximum absolute atomic E-state index is 5.36. The molecule has 0 heterocycles. The van der Waals surface area contributed by atoms with E-state index in [4.69, 9.17) is 75.0 Å². The monoisotopic (exact) mass is 332 g/mol. The summed E-state index contributed by atoms with van der Waals surface area (Å²) in [4.78, 5) is 0. The van der Waals surface area contributed by atoms with Crippen LogP contribution in [0.5, 0.6) is 0 Å². The minimum absolute atomic E-state index is 0.286. The maximum Gasteiger partial charge on any atom is 0.564 e. The lowest BCUT2D eigenvalue weighted by Gasteiger charge is -1.97. The first kappa shape index (κ1) is 16.4. The third-order valence-electron chi connectivity index (χ3n) is 0.196. The highest BCUT2D eigenvalue weighted by Crippen LogP contribution is 2.29. The van der Waals surface area contributed by atoms with E-state index in [1.807, 2.05) is 0 Å². The summed E-state index contributed by atoms with van der Waals surface area (Å²) < 4.78 is -0.721. The van der Waals surface area contributed by atoms with Gasteiger partial charge >= 0.3 is 9.39 Å². The van der Waals surface area contributed by atoms with Gasteiger partial charge in [-0.05, 0) is 0 Å². The molecule has 0 aromatic heterocycles. The lowest BCUT2D eigenvalue weighted by Crippen LogP contribution is -2.00. The number of alkyl halides is 3. The Morgan fingerprint density at radius 3 is 1.18 bits per heavy atom. The molecule has 0 saturated carbocycles. The van der Waals surface area contributed by atoms with Crippen molar-refractivity contribution in [1.29, 1.82) is 0 Å². The van der Waals surface area contributed by atoms with Crippen LogP contribution in [0.4, 0.5) is 0 Å². The molecule has 0 bridgehead atoms. The second kappa shape index (κ2) is 7.31. The van der Waals surface area contributed by atoms with E-state index in [-0.39, 0.29) is 5.88 Å². The highest BCUT2D eigenvalue weighted by Gasteiger charge is 2.19. The minimum atomic E-state index is -2.94. The zero-order valence-electron chi connectivity index (χ0n) is 5.14. The molecular formula is C2H5AlCl7P. The third-order valence-corrected chi connectivity index (χ3v) is 1.76. The first-order valence-electron chi connectivity index (χ1n) is 2.23. The number of halogens is 7. The molecule has 9 heteroatoms. The Bertz CT molecular complexity index is 87.6. The molecule has 0 radical (unpaired) electrons. The van der Waals surface area contributed by atoms with E-state index >= 15 is 0 Å². The second-order valence-corrected chi connectivity index (χ2v) is 18.4. The molecule has 0 spiro atoms. The van der Waals surface area contributed by atoms with Crippen molar-refractivity contribution >= 4 is 93.6 Å². The van der Waals surface area contributed by atoms with Crippen LogP contribution in [0, 0.1) is 0 Å². The van der Waals surface area contributed by atoms with Crippen molar-refractivity contribution < 1.29 is 0 Å². The lowest BCUT2D eigenvalue weighted by molar-refractivity contribution is 1.30. The van der Waals surface area contributed by atoms with Crippen molar-refractivity contribution in [3.8, 4) is 0 Å². The highest BCUT2D eigenvalue weighted by atomic mass is 35.9. The van der Waals surface area contributed by atoms with E-state index in [9.17, 15) is 0 Å². The Labute approximate surface area is 102 Å². The molecule has 0 aromatic rings. The van der Waals surface area contributed by atoms with Crippen LogP contribution in [-0.2, 0) is 0 Å². The summed E-state index contributed by atoms with van der Waals surface area (Å²) in [6.07, 6.45) is 0. The summed E-state index contributed by atoms with van der Waals surface area (Å²) >= 11 is 15.9. The van der Waals surface area contributed by atoms with Crippen LogP contribution < -0.4 is 0 Å². The first-order chi connectivity index (χ1) is 4.56. The molecule has 0 aliphatic carbocycles. The Morgan fingerprint density at radius 2 is 1.18 bits per heavy atom. The van der Waals surface area contributed by atoms with Gasteiger partial charge < -0.3 is 40.2 Å². The van der Waals surface area contributed by atoms with Gasteiger partial charge in [-0.15, -0.1) is 11.6 Å². The van der Waals surface area contributed by atoms with Crippen molar-refractivity contribution in [2.24, 2.45) is 0 Å². The van der Waals surface area contributed by atoms with Gasteiger partial charge in [0, 0.05) is 9.24 Å². The van der Waals surface area contributed by atoms with Crippen molar-refractivity contribution in [1.82, 2.24) is 0 Å². The molecule has 70 valence electrons. The largest absolute Gasteiger partial charge is 0.564 e. The summed E-state index contributed by atoms with van der Waals surface area (Å²) in [5.74, 6) is 0.286. The molecule has 11 heavy (non-hydrogen) atoms. The smallest absolute Gasteiger partial charge is 0.391 e.